The predicted octanol–water partition coefficient (Wildman–Crippen LogP) is 3.22. The molecule has 0 amide bonds. The number of ether oxygens (including phenoxy) is 1. The molecule has 0 aliphatic carbocycles. The minimum atomic E-state index is 0.425. The van der Waals surface area contributed by atoms with Crippen molar-refractivity contribution in [3.63, 3.8) is 0 Å². The first kappa shape index (κ1) is 13.2. The number of hydrogen-bond donors (Lipinski definition) is 1. The van der Waals surface area contributed by atoms with Crippen LogP contribution in [0, 0.1) is 0 Å². The highest BCUT2D eigenvalue weighted by atomic mass is 35.5. The van der Waals surface area contributed by atoms with Gasteiger partial charge in [0.1, 0.15) is 18.1 Å². The van der Waals surface area contributed by atoms with Gasteiger partial charge in [0, 0.05) is 6.61 Å². The van der Waals surface area contributed by atoms with E-state index in [0.29, 0.717) is 25.0 Å². The van der Waals surface area contributed by atoms with Gasteiger partial charge in [-0.25, -0.2) is 0 Å². The molecule has 2 aromatic rings. The molecule has 0 radical (unpaired) electrons. The van der Waals surface area contributed by atoms with Gasteiger partial charge in [-0.1, -0.05) is 0 Å². The number of furan rings is 2. The smallest absolute Gasteiger partial charge is 0.193 e. The van der Waals surface area contributed by atoms with Crippen molar-refractivity contribution in [2.75, 3.05) is 13.2 Å². The summed E-state index contributed by atoms with van der Waals surface area (Å²) < 4.78 is 15.8. The van der Waals surface area contributed by atoms with Gasteiger partial charge >= 0.3 is 0 Å². The van der Waals surface area contributed by atoms with Gasteiger partial charge in [0.2, 0.25) is 0 Å². The third-order valence-electron chi connectivity index (χ3n) is 2.39. The maximum atomic E-state index is 5.67. The SMILES string of the molecule is Clc1ccc(CNCCCOCc2ccco2)o1. The van der Waals surface area contributed by atoms with Crippen molar-refractivity contribution in [1.29, 1.82) is 0 Å². The molecule has 0 fully saturated rings. The summed E-state index contributed by atoms with van der Waals surface area (Å²) in [6.45, 7) is 2.79. The Morgan fingerprint density at radius 3 is 2.89 bits per heavy atom. The maximum absolute atomic E-state index is 5.67. The second-order valence-electron chi connectivity index (χ2n) is 3.87. The van der Waals surface area contributed by atoms with E-state index < -0.39 is 0 Å². The van der Waals surface area contributed by atoms with Crippen molar-refractivity contribution in [3.8, 4) is 0 Å². The van der Waals surface area contributed by atoms with Crippen LogP contribution < -0.4 is 5.32 Å². The largest absolute Gasteiger partial charge is 0.467 e. The summed E-state index contributed by atoms with van der Waals surface area (Å²) in [6, 6.07) is 7.36. The normalized spacial score (nSPS) is 10.9. The van der Waals surface area contributed by atoms with E-state index >= 15 is 0 Å². The first-order chi connectivity index (χ1) is 8.84. The molecule has 4 nitrogen and oxygen atoms in total. The number of nitrogens with one attached hydrogen (secondary N) is 1. The predicted molar refractivity (Wildman–Crippen MR) is 68.4 cm³/mol. The van der Waals surface area contributed by atoms with Crippen molar-refractivity contribution >= 4 is 11.6 Å². The van der Waals surface area contributed by atoms with Crippen molar-refractivity contribution in [1.82, 2.24) is 5.32 Å². The first-order valence-corrected chi connectivity index (χ1v) is 6.27. The Labute approximate surface area is 111 Å². The molecule has 0 atom stereocenters. The van der Waals surface area contributed by atoms with E-state index in [2.05, 4.69) is 5.32 Å². The molecular weight excluding hydrogens is 254 g/mol. The molecule has 98 valence electrons. The zero-order valence-electron chi connectivity index (χ0n) is 10.0. The minimum Gasteiger partial charge on any atom is -0.467 e. The Kier molecular flexibility index (Phi) is 5.33. The Bertz CT molecular complexity index is 439. The molecule has 2 heterocycles. The van der Waals surface area contributed by atoms with Gasteiger partial charge in [-0.3, -0.25) is 0 Å². The fourth-order valence-electron chi connectivity index (χ4n) is 1.53. The lowest BCUT2D eigenvalue weighted by Gasteiger charge is -2.03. The summed E-state index contributed by atoms with van der Waals surface area (Å²) in [5.74, 6) is 1.70. The quantitative estimate of drug-likeness (QED) is 0.748. The van der Waals surface area contributed by atoms with Gasteiger partial charge in [0.05, 0.1) is 12.8 Å². The van der Waals surface area contributed by atoms with E-state index in [-0.39, 0.29) is 0 Å². The van der Waals surface area contributed by atoms with Crippen LogP contribution in [-0.2, 0) is 17.9 Å². The molecule has 0 aliphatic heterocycles. The molecule has 2 aromatic heterocycles. The molecule has 1 N–H and O–H groups in total. The molecule has 0 saturated heterocycles. The van der Waals surface area contributed by atoms with Crippen LogP contribution >= 0.6 is 11.6 Å². The number of halogens is 1. The molecule has 0 aliphatic rings. The zero-order valence-corrected chi connectivity index (χ0v) is 10.8. The summed E-state index contributed by atoms with van der Waals surface area (Å²) in [4.78, 5) is 0. The third kappa shape index (κ3) is 4.56. The van der Waals surface area contributed by atoms with Gasteiger partial charge in [0.15, 0.2) is 5.22 Å². The fourth-order valence-corrected chi connectivity index (χ4v) is 1.69. The van der Waals surface area contributed by atoms with Crippen LogP contribution in [0.4, 0.5) is 0 Å². The fraction of sp³-hybridized carbons (Fsp3) is 0.385. The minimum absolute atomic E-state index is 0.425. The molecule has 2 rings (SSSR count). The highest BCUT2D eigenvalue weighted by Crippen LogP contribution is 2.12. The molecular formula is C13H16ClNO3. The zero-order chi connectivity index (χ0) is 12.6. The lowest BCUT2D eigenvalue weighted by atomic mass is 10.4. The van der Waals surface area contributed by atoms with E-state index in [9.17, 15) is 0 Å². The highest BCUT2D eigenvalue weighted by molar-refractivity contribution is 6.28. The second kappa shape index (κ2) is 7.26. The monoisotopic (exact) mass is 269 g/mol. The van der Waals surface area contributed by atoms with Crippen molar-refractivity contribution in [2.24, 2.45) is 0 Å². The Morgan fingerprint density at radius 1 is 1.22 bits per heavy atom. The number of rotatable bonds is 8. The van der Waals surface area contributed by atoms with Crippen LogP contribution in [0.25, 0.3) is 0 Å². The van der Waals surface area contributed by atoms with Crippen molar-refractivity contribution in [3.05, 3.63) is 47.3 Å². The van der Waals surface area contributed by atoms with Gasteiger partial charge < -0.3 is 18.9 Å². The topological polar surface area (TPSA) is 47.5 Å². The molecule has 0 spiro atoms. The van der Waals surface area contributed by atoms with Gasteiger partial charge in [0.25, 0.3) is 0 Å². The first-order valence-electron chi connectivity index (χ1n) is 5.89. The van der Waals surface area contributed by atoms with Crippen LogP contribution in [0.3, 0.4) is 0 Å². The standard InChI is InChI=1S/C13H16ClNO3/c14-13-5-4-11(18-13)9-15-6-2-7-16-10-12-3-1-8-17-12/h1,3-5,8,15H,2,6-7,9-10H2. The van der Waals surface area contributed by atoms with Crippen molar-refractivity contribution < 1.29 is 13.6 Å². The average Bonchev–Trinajstić information content (AvgIpc) is 3.00. The summed E-state index contributed by atoms with van der Waals surface area (Å²) in [5.41, 5.74) is 0. The third-order valence-corrected chi connectivity index (χ3v) is 2.60. The van der Waals surface area contributed by atoms with E-state index in [1.54, 1.807) is 12.3 Å². The van der Waals surface area contributed by atoms with E-state index in [0.717, 1.165) is 24.5 Å². The van der Waals surface area contributed by atoms with Crippen LogP contribution in [0.15, 0.2) is 39.4 Å². The van der Waals surface area contributed by atoms with E-state index in [1.807, 2.05) is 18.2 Å². The lowest BCUT2D eigenvalue weighted by Crippen LogP contribution is -2.15. The summed E-state index contributed by atoms with van der Waals surface area (Å²) in [5, 5.41) is 3.68. The van der Waals surface area contributed by atoms with Gasteiger partial charge in [-0.05, 0) is 48.8 Å². The van der Waals surface area contributed by atoms with Gasteiger partial charge in [-0.15, -0.1) is 0 Å². The van der Waals surface area contributed by atoms with Crippen molar-refractivity contribution in [2.45, 2.75) is 19.6 Å². The van der Waals surface area contributed by atoms with Gasteiger partial charge in [-0.2, -0.15) is 0 Å². The molecule has 0 unspecified atom stereocenters. The molecule has 0 aromatic carbocycles. The average molecular weight is 270 g/mol. The molecule has 18 heavy (non-hydrogen) atoms. The summed E-state index contributed by atoms with van der Waals surface area (Å²) >= 11 is 5.67. The lowest BCUT2D eigenvalue weighted by molar-refractivity contribution is 0.104. The second-order valence-corrected chi connectivity index (χ2v) is 4.24. The van der Waals surface area contributed by atoms with Crippen LogP contribution in [0.1, 0.15) is 17.9 Å². The Balaban J connectivity index is 1.46. The van der Waals surface area contributed by atoms with Crippen LogP contribution in [-0.4, -0.2) is 13.2 Å². The summed E-state index contributed by atoms with van der Waals surface area (Å²) in [6.07, 6.45) is 2.59. The van der Waals surface area contributed by atoms with E-state index in [1.165, 1.54) is 0 Å². The van der Waals surface area contributed by atoms with Crippen LogP contribution in [0.5, 0.6) is 0 Å². The number of hydrogen-bond acceptors (Lipinski definition) is 4. The molecule has 0 saturated carbocycles. The Hall–Kier alpha value is -1.23. The Morgan fingerprint density at radius 2 is 2.17 bits per heavy atom. The molecule has 5 heteroatoms. The maximum Gasteiger partial charge on any atom is 0.193 e. The van der Waals surface area contributed by atoms with E-state index in [4.69, 9.17) is 25.2 Å². The molecule has 0 bridgehead atoms. The summed E-state index contributed by atoms with van der Waals surface area (Å²) in [7, 11) is 0. The van der Waals surface area contributed by atoms with Crippen LogP contribution in [0.2, 0.25) is 5.22 Å². The highest BCUT2D eigenvalue weighted by Gasteiger charge is 1.99.